The van der Waals surface area contributed by atoms with E-state index in [4.69, 9.17) is 0 Å². The number of carbonyl (C=O) groups excluding carboxylic acids is 1. The number of methoxy groups -OCH3 is 1. The number of benzene rings is 1. The third kappa shape index (κ3) is 3.26. The standard InChI is InChI=1S/C11H10INO5/c1-18-11(15)9(6-12)10(14)7-2-4-8(5-3-7)13(16)17/h2-6,10,14H,1H3/b9-6-. The fourth-order valence-electron chi connectivity index (χ4n) is 1.29. The van der Waals surface area contributed by atoms with Gasteiger partial charge < -0.3 is 9.84 Å². The van der Waals surface area contributed by atoms with Gasteiger partial charge >= 0.3 is 5.97 Å². The molecule has 1 rings (SSSR count). The Labute approximate surface area is 117 Å². The zero-order valence-corrected chi connectivity index (χ0v) is 11.5. The number of carbonyl (C=O) groups is 1. The second kappa shape index (κ2) is 6.45. The average Bonchev–Trinajstić information content (AvgIpc) is 2.39. The molecule has 0 heterocycles. The van der Waals surface area contributed by atoms with Crippen LogP contribution in [0.3, 0.4) is 0 Å². The van der Waals surface area contributed by atoms with Crippen LogP contribution in [0.5, 0.6) is 0 Å². The molecule has 0 fully saturated rings. The van der Waals surface area contributed by atoms with Crippen LogP contribution in [-0.2, 0) is 9.53 Å². The number of nitro groups is 1. The van der Waals surface area contributed by atoms with Crippen molar-refractivity contribution in [3.63, 3.8) is 0 Å². The largest absolute Gasteiger partial charge is 0.466 e. The summed E-state index contributed by atoms with van der Waals surface area (Å²) in [6.07, 6.45) is -1.17. The summed E-state index contributed by atoms with van der Waals surface area (Å²) in [5.74, 6) is -0.643. The number of nitrogens with zero attached hydrogens (tertiary/aromatic N) is 1. The Morgan fingerprint density at radius 2 is 2.06 bits per heavy atom. The number of halogens is 1. The molecule has 0 saturated heterocycles. The Morgan fingerprint density at radius 1 is 1.50 bits per heavy atom. The summed E-state index contributed by atoms with van der Waals surface area (Å²) in [5.41, 5.74) is 0.380. The van der Waals surface area contributed by atoms with E-state index in [2.05, 4.69) is 4.74 Å². The smallest absolute Gasteiger partial charge is 0.337 e. The molecule has 0 spiro atoms. The highest BCUT2D eigenvalue weighted by Gasteiger charge is 2.21. The van der Waals surface area contributed by atoms with E-state index in [1.807, 2.05) is 22.6 Å². The first-order valence-electron chi connectivity index (χ1n) is 4.82. The van der Waals surface area contributed by atoms with Crippen LogP contribution in [0.15, 0.2) is 33.9 Å². The van der Waals surface area contributed by atoms with Gasteiger partial charge in [-0.1, -0.05) is 22.6 Å². The Balaban J connectivity index is 2.99. The fourth-order valence-corrected chi connectivity index (χ4v) is 1.89. The van der Waals surface area contributed by atoms with E-state index < -0.39 is 17.0 Å². The van der Waals surface area contributed by atoms with Crippen molar-refractivity contribution < 1.29 is 19.6 Å². The Hall–Kier alpha value is -1.48. The minimum atomic E-state index is -1.17. The predicted molar refractivity (Wildman–Crippen MR) is 72.2 cm³/mol. The maximum absolute atomic E-state index is 11.4. The maximum atomic E-state index is 11.4. The second-order valence-corrected chi connectivity index (χ2v) is 3.93. The number of nitro benzene ring substituents is 1. The fraction of sp³-hybridized carbons (Fsp3) is 0.182. The van der Waals surface area contributed by atoms with Gasteiger partial charge in [0, 0.05) is 12.1 Å². The van der Waals surface area contributed by atoms with Crippen LogP contribution in [0.25, 0.3) is 0 Å². The molecule has 0 amide bonds. The van der Waals surface area contributed by atoms with Crippen molar-refractivity contribution >= 4 is 34.2 Å². The molecule has 0 aromatic heterocycles. The van der Waals surface area contributed by atoms with Gasteiger partial charge in [0.25, 0.3) is 5.69 Å². The van der Waals surface area contributed by atoms with Gasteiger partial charge in [0.1, 0.15) is 6.10 Å². The third-order valence-corrected chi connectivity index (χ3v) is 2.92. The lowest BCUT2D eigenvalue weighted by atomic mass is 10.0. The summed E-state index contributed by atoms with van der Waals surface area (Å²) in [5, 5.41) is 20.5. The van der Waals surface area contributed by atoms with Gasteiger partial charge in [-0.3, -0.25) is 10.1 Å². The first kappa shape index (κ1) is 14.6. The highest BCUT2D eigenvalue weighted by molar-refractivity contribution is 14.1. The van der Waals surface area contributed by atoms with Crippen molar-refractivity contribution in [1.82, 2.24) is 0 Å². The molecule has 1 aromatic rings. The van der Waals surface area contributed by atoms with Crippen LogP contribution in [0.1, 0.15) is 11.7 Å². The number of esters is 1. The van der Waals surface area contributed by atoms with E-state index in [1.165, 1.54) is 35.5 Å². The molecule has 96 valence electrons. The number of hydrogen-bond acceptors (Lipinski definition) is 5. The van der Waals surface area contributed by atoms with Crippen LogP contribution >= 0.6 is 22.6 Å². The molecule has 0 aliphatic heterocycles. The number of aliphatic hydroxyl groups excluding tert-OH is 1. The molecule has 18 heavy (non-hydrogen) atoms. The lowest BCUT2D eigenvalue weighted by molar-refractivity contribution is -0.384. The van der Waals surface area contributed by atoms with Crippen LogP contribution < -0.4 is 0 Å². The quantitative estimate of drug-likeness (QED) is 0.291. The summed E-state index contributed by atoms with van der Waals surface area (Å²) < 4.78 is 5.94. The summed E-state index contributed by atoms with van der Waals surface area (Å²) in [6.45, 7) is 0. The zero-order valence-electron chi connectivity index (χ0n) is 9.37. The van der Waals surface area contributed by atoms with Crippen molar-refractivity contribution in [3.05, 3.63) is 49.6 Å². The molecule has 1 aromatic carbocycles. The van der Waals surface area contributed by atoms with E-state index in [0.717, 1.165) is 0 Å². The third-order valence-electron chi connectivity index (χ3n) is 2.25. The lowest BCUT2D eigenvalue weighted by Crippen LogP contribution is -2.12. The Morgan fingerprint density at radius 3 is 2.44 bits per heavy atom. The predicted octanol–water partition coefficient (Wildman–Crippen LogP) is 2.12. The molecule has 1 atom stereocenters. The van der Waals surface area contributed by atoms with Crippen molar-refractivity contribution in [1.29, 1.82) is 0 Å². The SMILES string of the molecule is COC(=O)/C(=C\I)C(O)c1ccc([N+](=O)[O-])cc1. The molecule has 1 unspecified atom stereocenters. The number of hydrogen-bond donors (Lipinski definition) is 1. The van der Waals surface area contributed by atoms with Crippen LogP contribution in [0.2, 0.25) is 0 Å². The molecule has 0 aliphatic carbocycles. The van der Waals surface area contributed by atoms with E-state index in [1.54, 1.807) is 0 Å². The average molecular weight is 363 g/mol. The van der Waals surface area contributed by atoms with Gasteiger partial charge in [0.15, 0.2) is 0 Å². The van der Waals surface area contributed by atoms with E-state index in [0.29, 0.717) is 5.56 Å². The van der Waals surface area contributed by atoms with Gasteiger partial charge in [-0.25, -0.2) is 4.79 Å². The first-order chi connectivity index (χ1) is 8.51. The van der Waals surface area contributed by atoms with Crippen molar-refractivity contribution in [3.8, 4) is 0 Å². The maximum Gasteiger partial charge on any atom is 0.337 e. The monoisotopic (exact) mass is 363 g/mol. The minimum Gasteiger partial charge on any atom is -0.466 e. The topological polar surface area (TPSA) is 89.7 Å². The molecule has 0 saturated carbocycles. The van der Waals surface area contributed by atoms with Crippen LogP contribution in [-0.4, -0.2) is 23.1 Å². The molecule has 7 heteroatoms. The molecule has 1 N–H and O–H groups in total. The number of ether oxygens (including phenoxy) is 1. The highest BCUT2D eigenvalue weighted by atomic mass is 127. The second-order valence-electron chi connectivity index (χ2n) is 3.31. The summed E-state index contributed by atoms with van der Waals surface area (Å²) in [6, 6.07) is 5.32. The van der Waals surface area contributed by atoms with Crippen molar-refractivity contribution in [2.45, 2.75) is 6.10 Å². The summed E-state index contributed by atoms with van der Waals surface area (Å²) >= 11 is 1.82. The molecule has 6 nitrogen and oxygen atoms in total. The van der Waals surface area contributed by atoms with Crippen molar-refractivity contribution in [2.75, 3.05) is 7.11 Å². The van der Waals surface area contributed by atoms with Crippen molar-refractivity contribution in [2.24, 2.45) is 0 Å². The Kier molecular flexibility index (Phi) is 5.23. The molecule has 0 radical (unpaired) electrons. The zero-order chi connectivity index (χ0) is 13.7. The normalized spacial score (nSPS) is 12.9. The number of rotatable bonds is 4. The molecular formula is C11H10INO5. The van der Waals surface area contributed by atoms with Gasteiger partial charge in [0.2, 0.25) is 0 Å². The van der Waals surface area contributed by atoms with Gasteiger partial charge in [-0.05, 0) is 21.8 Å². The van der Waals surface area contributed by atoms with Crippen LogP contribution in [0.4, 0.5) is 5.69 Å². The molecule has 0 aliphatic rings. The van der Waals surface area contributed by atoms with Gasteiger partial charge in [0.05, 0.1) is 17.6 Å². The van der Waals surface area contributed by atoms with E-state index >= 15 is 0 Å². The molecule has 0 bridgehead atoms. The summed E-state index contributed by atoms with van der Waals surface area (Å²) in [4.78, 5) is 21.3. The highest BCUT2D eigenvalue weighted by Crippen LogP contribution is 2.25. The first-order valence-corrected chi connectivity index (χ1v) is 6.06. The lowest BCUT2D eigenvalue weighted by Gasteiger charge is -2.12. The summed E-state index contributed by atoms with van der Waals surface area (Å²) in [7, 11) is 1.21. The Bertz CT molecular complexity index is 483. The number of non-ortho nitro benzene ring substituents is 1. The molecular weight excluding hydrogens is 353 g/mol. The van der Waals surface area contributed by atoms with Gasteiger partial charge in [-0.2, -0.15) is 0 Å². The number of aliphatic hydroxyl groups is 1. The van der Waals surface area contributed by atoms with E-state index in [9.17, 15) is 20.0 Å². The van der Waals surface area contributed by atoms with E-state index in [-0.39, 0.29) is 11.3 Å². The minimum absolute atomic E-state index is 0.0759. The van der Waals surface area contributed by atoms with Crippen LogP contribution in [0, 0.1) is 10.1 Å². The van der Waals surface area contributed by atoms with Gasteiger partial charge in [-0.15, -0.1) is 0 Å².